The first-order chi connectivity index (χ1) is 12.4. The number of hydrogen-bond donors (Lipinski definition) is 1. The van der Waals surface area contributed by atoms with Crippen LogP contribution >= 0.6 is 0 Å². The fourth-order valence-electron chi connectivity index (χ4n) is 5.03. The number of aromatic nitrogens is 2. The lowest BCUT2D eigenvalue weighted by molar-refractivity contribution is 0.0818. The van der Waals surface area contributed by atoms with Crippen LogP contribution in [0.3, 0.4) is 0 Å². The lowest BCUT2D eigenvalue weighted by Crippen LogP contribution is -2.47. The smallest absolute Gasteiger partial charge is 0.275 e. The third kappa shape index (κ3) is 2.37. The Morgan fingerprint density at radius 2 is 2.00 bits per heavy atom. The highest BCUT2D eigenvalue weighted by Gasteiger charge is 2.61. The molecule has 1 aromatic heterocycles. The normalized spacial score (nSPS) is 28.9. The number of fused-ring (bicyclic) bond motifs is 2. The van der Waals surface area contributed by atoms with E-state index in [0.717, 1.165) is 12.1 Å². The fraction of sp³-hybridized carbons (Fsp3) is 0.524. The molecule has 0 spiro atoms. The Kier molecular flexibility index (Phi) is 3.86. The molecule has 1 amide bonds. The van der Waals surface area contributed by atoms with Gasteiger partial charge in [-0.2, -0.15) is 5.10 Å². The molecule has 1 N–H and O–H groups in total. The third-order valence-corrected chi connectivity index (χ3v) is 7.24. The van der Waals surface area contributed by atoms with Gasteiger partial charge in [-0.15, -0.1) is 0 Å². The van der Waals surface area contributed by atoms with Crippen molar-refractivity contribution in [1.29, 1.82) is 0 Å². The van der Waals surface area contributed by atoms with Gasteiger partial charge in [0.1, 0.15) is 0 Å². The molecule has 0 aliphatic heterocycles. The van der Waals surface area contributed by atoms with Gasteiger partial charge in [-0.3, -0.25) is 4.79 Å². The average molecular weight is 353 g/mol. The molecule has 2 fully saturated rings. The van der Waals surface area contributed by atoms with Crippen LogP contribution in [0.1, 0.15) is 50.5 Å². The van der Waals surface area contributed by atoms with E-state index >= 15 is 0 Å². The Morgan fingerprint density at radius 1 is 1.27 bits per heavy atom. The van der Waals surface area contributed by atoms with Crippen molar-refractivity contribution >= 4 is 5.91 Å². The minimum absolute atomic E-state index is 0.141. The van der Waals surface area contributed by atoms with E-state index in [-0.39, 0.29) is 22.8 Å². The van der Waals surface area contributed by atoms with Crippen LogP contribution in [-0.2, 0) is 0 Å². The van der Waals surface area contributed by atoms with Gasteiger partial charge in [0.25, 0.3) is 5.91 Å². The summed E-state index contributed by atoms with van der Waals surface area (Å²) in [5.41, 5.74) is 1.65. The number of benzene rings is 1. The lowest BCUT2D eigenvalue weighted by Gasteiger charge is -2.39. The highest BCUT2D eigenvalue weighted by molar-refractivity contribution is 5.95. The molecule has 26 heavy (non-hydrogen) atoms. The zero-order valence-corrected chi connectivity index (χ0v) is 16.0. The van der Waals surface area contributed by atoms with Crippen LogP contribution in [0.15, 0.2) is 36.5 Å². The number of methoxy groups -OCH3 is 1. The van der Waals surface area contributed by atoms with Crippen molar-refractivity contribution in [3.05, 3.63) is 42.2 Å². The monoisotopic (exact) mass is 353 g/mol. The molecular formula is C21H27N3O2. The number of carbonyl (C=O) groups is 1. The molecule has 2 aliphatic carbocycles. The number of hydrogen-bond acceptors (Lipinski definition) is 3. The van der Waals surface area contributed by atoms with Gasteiger partial charge >= 0.3 is 0 Å². The highest BCUT2D eigenvalue weighted by Crippen LogP contribution is 2.65. The predicted octanol–water partition coefficient (Wildman–Crippen LogP) is 3.83. The number of nitrogens with one attached hydrogen (secondary N) is 1. The molecule has 0 radical (unpaired) electrons. The molecule has 5 heteroatoms. The molecule has 138 valence electrons. The molecule has 2 aromatic rings. The van der Waals surface area contributed by atoms with E-state index < -0.39 is 0 Å². The Labute approximate surface area is 154 Å². The van der Waals surface area contributed by atoms with Crippen LogP contribution in [0.25, 0.3) is 5.69 Å². The maximum Gasteiger partial charge on any atom is 0.275 e. The molecule has 3 atom stereocenters. The predicted molar refractivity (Wildman–Crippen MR) is 101 cm³/mol. The highest BCUT2D eigenvalue weighted by atomic mass is 16.5. The van der Waals surface area contributed by atoms with E-state index in [4.69, 9.17) is 4.74 Å². The summed E-state index contributed by atoms with van der Waals surface area (Å²) in [5, 5.41) is 7.76. The van der Waals surface area contributed by atoms with Gasteiger partial charge in [0, 0.05) is 6.04 Å². The van der Waals surface area contributed by atoms with Crippen molar-refractivity contribution < 1.29 is 9.53 Å². The van der Waals surface area contributed by atoms with Gasteiger partial charge < -0.3 is 10.1 Å². The molecule has 3 unspecified atom stereocenters. The maximum atomic E-state index is 13.0. The SMILES string of the molecule is COc1cn(-c2ccccc2)nc1C(=O)NC1CC2CCC1(C)C2(C)C. The molecule has 2 aliphatic rings. The van der Waals surface area contributed by atoms with Crippen LogP contribution in [0.2, 0.25) is 0 Å². The zero-order valence-electron chi connectivity index (χ0n) is 16.0. The minimum Gasteiger partial charge on any atom is -0.493 e. The first-order valence-electron chi connectivity index (χ1n) is 9.37. The first kappa shape index (κ1) is 17.1. The largest absolute Gasteiger partial charge is 0.493 e. The summed E-state index contributed by atoms with van der Waals surface area (Å²) in [6, 6.07) is 9.94. The summed E-state index contributed by atoms with van der Waals surface area (Å²) in [6.07, 6.45) is 5.25. The number of carbonyl (C=O) groups excluding carboxylic acids is 1. The summed E-state index contributed by atoms with van der Waals surface area (Å²) in [6.45, 7) is 7.02. The molecule has 2 saturated carbocycles. The van der Waals surface area contributed by atoms with E-state index in [0.29, 0.717) is 17.4 Å². The standard InChI is InChI=1S/C21H27N3O2/c1-20(2)14-10-11-21(20,3)17(12-14)22-19(25)18-16(26-4)13-24(23-18)15-8-6-5-7-9-15/h5-9,13-14,17H,10-12H2,1-4H3,(H,22,25). The first-order valence-corrected chi connectivity index (χ1v) is 9.37. The van der Waals surface area contributed by atoms with Crippen LogP contribution in [-0.4, -0.2) is 28.8 Å². The van der Waals surface area contributed by atoms with Crippen molar-refractivity contribution in [1.82, 2.24) is 15.1 Å². The number of nitrogens with zero attached hydrogens (tertiary/aromatic N) is 2. The number of para-hydroxylation sites is 1. The molecule has 5 nitrogen and oxygen atoms in total. The Bertz CT molecular complexity index is 827. The van der Waals surface area contributed by atoms with Crippen LogP contribution < -0.4 is 10.1 Å². The van der Waals surface area contributed by atoms with E-state index in [1.165, 1.54) is 12.8 Å². The van der Waals surface area contributed by atoms with E-state index in [1.54, 1.807) is 18.0 Å². The van der Waals surface area contributed by atoms with Crippen molar-refractivity contribution in [2.75, 3.05) is 7.11 Å². The lowest BCUT2D eigenvalue weighted by atomic mass is 9.69. The molecule has 1 aromatic carbocycles. The summed E-state index contributed by atoms with van der Waals surface area (Å²) < 4.78 is 7.11. The van der Waals surface area contributed by atoms with Gasteiger partial charge in [0.2, 0.25) is 0 Å². The topological polar surface area (TPSA) is 56.2 Å². The maximum absolute atomic E-state index is 13.0. The van der Waals surface area contributed by atoms with Crippen molar-refractivity contribution in [2.45, 2.75) is 46.1 Å². The summed E-state index contributed by atoms with van der Waals surface area (Å²) in [4.78, 5) is 13.0. The Morgan fingerprint density at radius 3 is 2.58 bits per heavy atom. The van der Waals surface area contributed by atoms with Crippen LogP contribution in [0.4, 0.5) is 0 Å². The quantitative estimate of drug-likeness (QED) is 0.909. The van der Waals surface area contributed by atoms with E-state index in [2.05, 4.69) is 31.2 Å². The van der Waals surface area contributed by atoms with Gasteiger partial charge in [0.15, 0.2) is 11.4 Å². The van der Waals surface area contributed by atoms with E-state index in [9.17, 15) is 4.79 Å². The molecule has 1 heterocycles. The second kappa shape index (κ2) is 5.86. The molecular weight excluding hydrogens is 326 g/mol. The number of amides is 1. The number of rotatable bonds is 4. The Balaban J connectivity index is 1.59. The van der Waals surface area contributed by atoms with Crippen molar-refractivity contribution in [3.63, 3.8) is 0 Å². The van der Waals surface area contributed by atoms with E-state index in [1.807, 2.05) is 30.3 Å². The third-order valence-electron chi connectivity index (χ3n) is 7.24. The van der Waals surface area contributed by atoms with Gasteiger partial charge in [0.05, 0.1) is 19.0 Å². The van der Waals surface area contributed by atoms with Crippen molar-refractivity contribution in [2.24, 2.45) is 16.7 Å². The van der Waals surface area contributed by atoms with Crippen molar-refractivity contribution in [3.8, 4) is 11.4 Å². The number of ether oxygens (including phenoxy) is 1. The molecule has 4 rings (SSSR count). The molecule has 0 saturated heterocycles. The average Bonchev–Trinajstić information content (AvgIpc) is 3.22. The zero-order chi connectivity index (χ0) is 18.5. The molecule has 2 bridgehead atoms. The Hall–Kier alpha value is -2.30. The second-order valence-electron chi connectivity index (χ2n) is 8.46. The van der Waals surface area contributed by atoms with Gasteiger partial charge in [-0.05, 0) is 48.1 Å². The van der Waals surface area contributed by atoms with Gasteiger partial charge in [-0.25, -0.2) is 4.68 Å². The van der Waals surface area contributed by atoms with Gasteiger partial charge in [-0.1, -0.05) is 39.0 Å². The minimum atomic E-state index is -0.147. The van der Waals surface area contributed by atoms with Crippen LogP contribution in [0, 0.1) is 16.7 Å². The summed E-state index contributed by atoms with van der Waals surface area (Å²) in [7, 11) is 1.57. The summed E-state index contributed by atoms with van der Waals surface area (Å²) in [5.74, 6) is 1.03. The van der Waals surface area contributed by atoms with Crippen LogP contribution in [0.5, 0.6) is 5.75 Å². The summed E-state index contributed by atoms with van der Waals surface area (Å²) >= 11 is 0. The fourth-order valence-corrected chi connectivity index (χ4v) is 5.03. The second-order valence-corrected chi connectivity index (χ2v) is 8.46.